The summed E-state index contributed by atoms with van der Waals surface area (Å²) in [6.07, 6.45) is 5.35. The predicted octanol–water partition coefficient (Wildman–Crippen LogP) is 0.659. The normalized spacial score (nSPS) is 18.7. The minimum Gasteiger partial charge on any atom is -0.370 e. The Morgan fingerprint density at radius 3 is 2.92 bits per heavy atom. The molecule has 2 rings (SSSR count). The molecule has 0 aromatic carbocycles. The van der Waals surface area contributed by atoms with Crippen LogP contribution in [0.1, 0.15) is 31.5 Å². The largest absolute Gasteiger partial charge is 0.370 e. The van der Waals surface area contributed by atoms with Gasteiger partial charge in [0.15, 0.2) is 5.82 Å². The van der Waals surface area contributed by atoms with Crippen LogP contribution >= 0.6 is 0 Å². The Morgan fingerprint density at radius 1 is 1.42 bits per heavy atom. The van der Waals surface area contributed by atoms with Crippen molar-refractivity contribution < 1.29 is 4.74 Å². The van der Waals surface area contributed by atoms with E-state index in [1.807, 2.05) is 0 Å². The van der Waals surface area contributed by atoms with Gasteiger partial charge in [-0.05, 0) is 12.8 Å². The number of nitrogens with one attached hydrogen (secondary N) is 1. The highest BCUT2D eigenvalue weighted by atomic mass is 16.5. The van der Waals surface area contributed by atoms with E-state index in [0.717, 1.165) is 0 Å². The Labute approximate surface area is 70.5 Å². The molecule has 1 aromatic heterocycles. The van der Waals surface area contributed by atoms with Gasteiger partial charge in [0.25, 0.3) is 0 Å². The topological polar surface area (TPSA) is 63.7 Å². The molecular formula is C7H12N4O. The molecule has 1 aromatic rings. The van der Waals surface area contributed by atoms with Crippen LogP contribution < -0.4 is 0 Å². The van der Waals surface area contributed by atoms with Crippen LogP contribution in [0.5, 0.6) is 0 Å². The molecule has 1 aliphatic rings. The van der Waals surface area contributed by atoms with Crippen molar-refractivity contribution in [3.63, 3.8) is 0 Å². The SMILES string of the molecule is C1CCC(OCc2nn[nH]n2)C1. The van der Waals surface area contributed by atoms with Gasteiger partial charge in [0.2, 0.25) is 0 Å². The Morgan fingerprint density at radius 2 is 2.25 bits per heavy atom. The van der Waals surface area contributed by atoms with Crippen molar-refractivity contribution in [2.45, 2.75) is 38.4 Å². The summed E-state index contributed by atoms with van der Waals surface area (Å²) in [4.78, 5) is 0. The van der Waals surface area contributed by atoms with Gasteiger partial charge in [-0.15, -0.1) is 10.2 Å². The summed E-state index contributed by atoms with van der Waals surface area (Å²) >= 11 is 0. The Balaban J connectivity index is 1.74. The van der Waals surface area contributed by atoms with Gasteiger partial charge in [-0.3, -0.25) is 0 Å². The van der Waals surface area contributed by atoms with E-state index in [9.17, 15) is 0 Å². The van der Waals surface area contributed by atoms with Crippen LogP contribution in [-0.2, 0) is 11.3 Å². The lowest BCUT2D eigenvalue weighted by Gasteiger charge is -2.07. The molecule has 1 aliphatic carbocycles. The van der Waals surface area contributed by atoms with Gasteiger partial charge in [-0.25, -0.2) is 0 Å². The standard InChI is InChI=1S/C7H12N4O/c1-2-4-6(3-1)12-5-7-8-10-11-9-7/h6H,1-5H2,(H,8,9,10,11). The first-order valence-corrected chi connectivity index (χ1v) is 4.29. The highest BCUT2D eigenvalue weighted by Gasteiger charge is 2.15. The van der Waals surface area contributed by atoms with Gasteiger partial charge in [-0.2, -0.15) is 5.21 Å². The monoisotopic (exact) mass is 168 g/mol. The summed E-state index contributed by atoms with van der Waals surface area (Å²) in [5, 5.41) is 13.5. The number of aromatic nitrogens is 4. The number of ether oxygens (including phenoxy) is 1. The maximum absolute atomic E-state index is 5.56. The van der Waals surface area contributed by atoms with Crippen LogP contribution in [0, 0.1) is 0 Å². The first-order chi connectivity index (χ1) is 5.95. The van der Waals surface area contributed by atoms with Crippen LogP contribution in [0.4, 0.5) is 0 Å². The lowest BCUT2D eigenvalue weighted by molar-refractivity contribution is 0.0417. The van der Waals surface area contributed by atoms with Crippen molar-refractivity contribution in [1.29, 1.82) is 0 Å². The van der Waals surface area contributed by atoms with E-state index in [4.69, 9.17) is 4.74 Å². The molecule has 5 heteroatoms. The highest BCUT2D eigenvalue weighted by Crippen LogP contribution is 2.21. The molecule has 12 heavy (non-hydrogen) atoms. The van der Waals surface area contributed by atoms with E-state index >= 15 is 0 Å². The Bertz CT molecular complexity index is 217. The van der Waals surface area contributed by atoms with Crippen molar-refractivity contribution in [2.75, 3.05) is 0 Å². The molecular weight excluding hydrogens is 156 g/mol. The molecule has 0 saturated heterocycles. The summed E-state index contributed by atoms with van der Waals surface area (Å²) < 4.78 is 5.56. The molecule has 1 heterocycles. The molecule has 1 saturated carbocycles. The molecule has 0 atom stereocenters. The predicted molar refractivity (Wildman–Crippen MR) is 41.2 cm³/mol. The molecule has 0 bridgehead atoms. The fourth-order valence-corrected chi connectivity index (χ4v) is 1.49. The maximum Gasteiger partial charge on any atom is 0.200 e. The molecule has 1 fully saturated rings. The van der Waals surface area contributed by atoms with Crippen molar-refractivity contribution >= 4 is 0 Å². The van der Waals surface area contributed by atoms with Gasteiger partial charge in [-0.1, -0.05) is 18.1 Å². The van der Waals surface area contributed by atoms with Gasteiger partial charge in [0, 0.05) is 0 Å². The first-order valence-electron chi connectivity index (χ1n) is 4.29. The van der Waals surface area contributed by atoms with Crippen molar-refractivity contribution in [3.8, 4) is 0 Å². The van der Waals surface area contributed by atoms with E-state index in [2.05, 4.69) is 20.6 Å². The summed E-state index contributed by atoms with van der Waals surface area (Å²) in [7, 11) is 0. The minimum atomic E-state index is 0.420. The molecule has 0 aliphatic heterocycles. The third-order valence-electron chi connectivity index (χ3n) is 2.14. The number of hydrogen-bond donors (Lipinski definition) is 1. The van der Waals surface area contributed by atoms with E-state index in [0.29, 0.717) is 18.5 Å². The van der Waals surface area contributed by atoms with Gasteiger partial charge in [0.05, 0.1) is 6.10 Å². The molecule has 66 valence electrons. The van der Waals surface area contributed by atoms with Gasteiger partial charge < -0.3 is 4.74 Å². The first kappa shape index (κ1) is 7.67. The zero-order valence-corrected chi connectivity index (χ0v) is 6.86. The van der Waals surface area contributed by atoms with E-state index in [-0.39, 0.29) is 0 Å². The quantitative estimate of drug-likeness (QED) is 0.720. The van der Waals surface area contributed by atoms with E-state index in [1.54, 1.807) is 0 Å². The molecule has 0 amide bonds. The molecule has 5 nitrogen and oxygen atoms in total. The van der Waals surface area contributed by atoms with Crippen molar-refractivity contribution in [2.24, 2.45) is 0 Å². The van der Waals surface area contributed by atoms with E-state index in [1.165, 1.54) is 25.7 Å². The average Bonchev–Trinajstić information content (AvgIpc) is 2.74. The molecule has 1 N–H and O–H groups in total. The third-order valence-corrected chi connectivity index (χ3v) is 2.14. The smallest absolute Gasteiger partial charge is 0.200 e. The molecule has 0 radical (unpaired) electrons. The van der Waals surface area contributed by atoms with Crippen LogP contribution in [0.25, 0.3) is 0 Å². The lowest BCUT2D eigenvalue weighted by Crippen LogP contribution is -2.07. The average molecular weight is 168 g/mol. The third kappa shape index (κ3) is 1.79. The van der Waals surface area contributed by atoms with Crippen LogP contribution in [0.15, 0.2) is 0 Å². The maximum atomic E-state index is 5.56. The summed E-state index contributed by atoms with van der Waals surface area (Å²) in [6, 6.07) is 0. The van der Waals surface area contributed by atoms with Crippen LogP contribution in [0.3, 0.4) is 0 Å². The highest BCUT2D eigenvalue weighted by molar-refractivity contribution is 4.73. The second kappa shape index (κ2) is 3.62. The summed E-state index contributed by atoms with van der Waals surface area (Å²) in [6.45, 7) is 0.487. The fraction of sp³-hybridized carbons (Fsp3) is 0.857. The van der Waals surface area contributed by atoms with Crippen molar-refractivity contribution in [1.82, 2.24) is 20.6 Å². The van der Waals surface area contributed by atoms with Crippen LogP contribution in [-0.4, -0.2) is 26.7 Å². The number of aromatic amines is 1. The lowest BCUT2D eigenvalue weighted by atomic mass is 10.3. The second-order valence-corrected chi connectivity index (χ2v) is 3.05. The summed E-state index contributed by atoms with van der Waals surface area (Å²) in [5.41, 5.74) is 0. The second-order valence-electron chi connectivity index (χ2n) is 3.05. The summed E-state index contributed by atoms with van der Waals surface area (Å²) in [5.74, 6) is 0.641. The number of rotatable bonds is 3. The fourth-order valence-electron chi connectivity index (χ4n) is 1.49. The van der Waals surface area contributed by atoms with Crippen molar-refractivity contribution in [3.05, 3.63) is 5.82 Å². The van der Waals surface area contributed by atoms with Gasteiger partial charge >= 0.3 is 0 Å². The number of hydrogen-bond acceptors (Lipinski definition) is 4. The van der Waals surface area contributed by atoms with Crippen LogP contribution in [0.2, 0.25) is 0 Å². The zero-order valence-electron chi connectivity index (χ0n) is 6.86. The number of nitrogens with zero attached hydrogens (tertiary/aromatic N) is 3. The number of H-pyrrole nitrogens is 1. The van der Waals surface area contributed by atoms with Gasteiger partial charge in [0.1, 0.15) is 6.61 Å². The number of tetrazole rings is 1. The van der Waals surface area contributed by atoms with E-state index < -0.39 is 0 Å². The zero-order chi connectivity index (χ0) is 8.23. The Kier molecular flexibility index (Phi) is 2.31. The molecule has 0 spiro atoms. The Hall–Kier alpha value is -0.970. The minimum absolute atomic E-state index is 0.420. The molecule has 0 unspecified atom stereocenters.